The maximum Gasteiger partial charge on any atom is 0.244 e. The highest BCUT2D eigenvalue weighted by Gasteiger charge is 2.29. The van der Waals surface area contributed by atoms with E-state index in [4.69, 9.17) is 0 Å². The van der Waals surface area contributed by atoms with Gasteiger partial charge in [-0.25, -0.2) is 4.39 Å². The number of nitrogens with one attached hydrogen (secondary N) is 1. The van der Waals surface area contributed by atoms with Crippen LogP contribution in [0.25, 0.3) is 0 Å². The minimum absolute atomic E-state index is 0.0947. The Bertz CT molecular complexity index is 446. The second kappa shape index (κ2) is 6.84. The van der Waals surface area contributed by atoms with E-state index in [2.05, 4.69) is 12.2 Å². The third kappa shape index (κ3) is 3.37. The molecule has 2 unspecified atom stereocenters. The van der Waals surface area contributed by atoms with Crippen LogP contribution in [0.15, 0.2) is 24.3 Å². The van der Waals surface area contributed by atoms with Crippen molar-refractivity contribution in [3.8, 4) is 0 Å². The SMILES string of the molecule is CCC1CCNC(C(=O)N(CC)c2ccc(F)cc2)C1. The van der Waals surface area contributed by atoms with Crippen LogP contribution in [-0.4, -0.2) is 25.0 Å². The maximum atomic E-state index is 13.0. The summed E-state index contributed by atoms with van der Waals surface area (Å²) < 4.78 is 13.0. The van der Waals surface area contributed by atoms with E-state index in [-0.39, 0.29) is 17.8 Å². The van der Waals surface area contributed by atoms with Crippen LogP contribution < -0.4 is 10.2 Å². The highest BCUT2D eigenvalue weighted by Crippen LogP contribution is 2.23. The van der Waals surface area contributed by atoms with Gasteiger partial charge in [0.15, 0.2) is 0 Å². The van der Waals surface area contributed by atoms with Gasteiger partial charge >= 0.3 is 0 Å². The molecule has 1 aromatic carbocycles. The van der Waals surface area contributed by atoms with Crippen molar-refractivity contribution in [3.05, 3.63) is 30.1 Å². The van der Waals surface area contributed by atoms with Crippen molar-refractivity contribution in [2.75, 3.05) is 18.0 Å². The summed E-state index contributed by atoms with van der Waals surface area (Å²) in [5.41, 5.74) is 0.763. The number of halogens is 1. The number of anilines is 1. The monoisotopic (exact) mass is 278 g/mol. The minimum Gasteiger partial charge on any atom is -0.311 e. The minimum atomic E-state index is -0.279. The number of benzene rings is 1. The van der Waals surface area contributed by atoms with Crippen molar-refractivity contribution in [2.45, 2.75) is 39.2 Å². The predicted molar refractivity (Wildman–Crippen MR) is 79.2 cm³/mol. The molecule has 0 aromatic heterocycles. The van der Waals surface area contributed by atoms with Gasteiger partial charge in [-0.1, -0.05) is 13.3 Å². The van der Waals surface area contributed by atoms with E-state index >= 15 is 0 Å². The Hall–Kier alpha value is -1.42. The number of hydrogen-bond donors (Lipinski definition) is 1. The molecule has 2 rings (SSSR count). The van der Waals surface area contributed by atoms with Gasteiger partial charge in [0, 0.05) is 12.2 Å². The van der Waals surface area contributed by atoms with Crippen LogP contribution in [0.2, 0.25) is 0 Å². The van der Waals surface area contributed by atoms with Crippen LogP contribution in [-0.2, 0) is 4.79 Å². The first-order chi connectivity index (χ1) is 9.65. The first-order valence-electron chi connectivity index (χ1n) is 7.46. The molecule has 0 bridgehead atoms. The van der Waals surface area contributed by atoms with E-state index in [1.54, 1.807) is 17.0 Å². The highest BCUT2D eigenvalue weighted by molar-refractivity contribution is 5.97. The molecule has 0 aliphatic carbocycles. The van der Waals surface area contributed by atoms with Crippen LogP contribution in [0.4, 0.5) is 10.1 Å². The van der Waals surface area contributed by atoms with Crippen LogP contribution in [0.1, 0.15) is 33.1 Å². The van der Waals surface area contributed by atoms with Crippen LogP contribution >= 0.6 is 0 Å². The summed E-state index contributed by atoms with van der Waals surface area (Å²) in [6.45, 7) is 5.62. The van der Waals surface area contributed by atoms with Gasteiger partial charge in [0.25, 0.3) is 0 Å². The van der Waals surface area contributed by atoms with Crippen molar-refractivity contribution >= 4 is 11.6 Å². The van der Waals surface area contributed by atoms with E-state index in [0.29, 0.717) is 12.5 Å². The number of carbonyl (C=O) groups is 1. The summed E-state index contributed by atoms with van der Waals surface area (Å²) in [5.74, 6) is 0.438. The molecule has 1 heterocycles. The fourth-order valence-electron chi connectivity index (χ4n) is 2.83. The summed E-state index contributed by atoms with van der Waals surface area (Å²) in [6, 6.07) is 6.01. The average Bonchev–Trinajstić information content (AvgIpc) is 2.50. The zero-order chi connectivity index (χ0) is 14.5. The molecule has 0 spiro atoms. The van der Waals surface area contributed by atoms with Gasteiger partial charge in [0.05, 0.1) is 6.04 Å². The Labute approximate surface area is 120 Å². The fourth-order valence-corrected chi connectivity index (χ4v) is 2.83. The van der Waals surface area contributed by atoms with Gasteiger partial charge in [0.1, 0.15) is 5.82 Å². The van der Waals surface area contributed by atoms with Gasteiger partial charge in [0.2, 0.25) is 5.91 Å². The number of carbonyl (C=O) groups excluding carboxylic acids is 1. The fraction of sp³-hybridized carbons (Fsp3) is 0.562. The van der Waals surface area contributed by atoms with Crippen LogP contribution in [0.5, 0.6) is 0 Å². The summed E-state index contributed by atoms with van der Waals surface area (Å²) in [5, 5.41) is 3.31. The number of nitrogens with zero attached hydrogens (tertiary/aromatic N) is 1. The molecule has 1 fully saturated rings. The van der Waals surface area contributed by atoms with Crippen molar-refractivity contribution in [3.63, 3.8) is 0 Å². The standard InChI is InChI=1S/C16H23FN2O/c1-3-12-9-10-18-15(11-12)16(20)19(4-2)14-7-5-13(17)6-8-14/h5-8,12,15,18H,3-4,9-11H2,1-2H3. The average molecular weight is 278 g/mol. The van der Waals surface area contributed by atoms with E-state index in [1.165, 1.54) is 12.1 Å². The molecule has 3 nitrogen and oxygen atoms in total. The van der Waals surface area contributed by atoms with Gasteiger partial charge in [-0.05, 0) is 56.5 Å². The molecule has 20 heavy (non-hydrogen) atoms. The van der Waals surface area contributed by atoms with Crippen LogP contribution in [0.3, 0.4) is 0 Å². The van der Waals surface area contributed by atoms with Gasteiger partial charge in [-0.3, -0.25) is 4.79 Å². The molecule has 110 valence electrons. The van der Waals surface area contributed by atoms with E-state index in [9.17, 15) is 9.18 Å². The quantitative estimate of drug-likeness (QED) is 0.918. The lowest BCUT2D eigenvalue weighted by atomic mass is 9.90. The molecular formula is C16H23FN2O. The van der Waals surface area contributed by atoms with Crippen molar-refractivity contribution in [1.82, 2.24) is 5.32 Å². The first-order valence-corrected chi connectivity index (χ1v) is 7.46. The second-order valence-electron chi connectivity index (χ2n) is 5.36. The molecule has 1 aromatic rings. The van der Waals surface area contributed by atoms with Crippen molar-refractivity contribution in [1.29, 1.82) is 0 Å². The number of hydrogen-bond acceptors (Lipinski definition) is 2. The Balaban J connectivity index is 2.10. The Morgan fingerprint density at radius 1 is 1.35 bits per heavy atom. The summed E-state index contributed by atoms with van der Waals surface area (Å²) in [4.78, 5) is 14.4. The molecule has 1 N–H and O–H groups in total. The molecular weight excluding hydrogens is 255 g/mol. The largest absolute Gasteiger partial charge is 0.311 e. The lowest BCUT2D eigenvalue weighted by molar-refractivity contribution is -0.121. The smallest absolute Gasteiger partial charge is 0.244 e. The summed E-state index contributed by atoms with van der Waals surface area (Å²) in [6.07, 6.45) is 3.16. The number of rotatable bonds is 4. The summed E-state index contributed by atoms with van der Waals surface area (Å²) >= 11 is 0. The van der Waals surface area contributed by atoms with E-state index in [0.717, 1.165) is 31.5 Å². The summed E-state index contributed by atoms with van der Waals surface area (Å²) in [7, 11) is 0. The maximum absolute atomic E-state index is 13.0. The molecule has 0 radical (unpaired) electrons. The third-order valence-electron chi connectivity index (χ3n) is 4.11. The van der Waals surface area contributed by atoms with Gasteiger partial charge < -0.3 is 10.2 Å². The molecule has 1 amide bonds. The van der Waals surface area contributed by atoms with Crippen LogP contribution in [0, 0.1) is 11.7 Å². The number of piperidine rings is 1. The molecule has 1 saturated heterocycles. The Kier molecular flexibility index (Phi) is 5.12. The zero-order valence-corrected chi connectivity index (χ0v) is 12.2. The topological polar surface area (TPSA) is 32.3 Å². The Morgan fingerprint density at radius 2 is 2.05 bits per heavy atom. The lowest BCUT2D eigenvalue weighted by Crippen LogP contribution is -2.50. The number of amides is 1. The molecule has 1 aliphatic heterocycles. The van der Waals surface area contributed by atoms with Gasteiger partial charge in [-0.2, -0.15) is 0 Å². The third-order valence-corrected chi connectivity index (χ3v) is 4.11. The van der Waals surface area contributed by atoms with E-state index in [1.807, 2.05) is 6.92 Å². The normalized spacial score (nSPS) is 22.6. The number of likely N-dealkylation sites (N-methyl/N-ethyl adjacent to an activating group) is 1. The highest BCUT2D eigenvalue weighted by atomic mass is 19.1. The predicted octanol–water partition coefficient (Wildman–Crippen LogP) is 2.96. The zero-order valence-electron chi connectivity index (χ0n) is 12.2. The van der Waals surface area contributed by atoms with Crippen molar-refractivity contribution < 1.29 is 9.18 Å². The molecule has 0 saturated carbocycles. The lowest BCUT2D eigenvalue weighted by Gasteiger charge is -2.32. The van der Waals surface area contributed by atoms with Gasteiger partial charge in [-0.15, -0.1) is 0 Å². The Morgan fingerprint density at radius 3 is 2.65 bits per heavy atom. The molecule has 2 atom stereocenters. The molecule has 4 heteroatoms. The molecule has 1 aliphatic rings. The van der Waals surface area contributed by atoms with Crippen molar-refractivity contribution in [2.24, 2.45) is 5.92 Å². The van der Waals surface area contributed by atoms with E-state index < -0.39 is 0 Å². The second-order valence-corrected chi connectivity index (χ2v) is 5.36. The first kappa shape index (κ1) is 15.0.